The van der Waals surface area contributed by atoms with Crippen molar-refractivity contribution >= 4 is 17.5 Å². The van der Waals surface area contributed by atoms with Crippen molar-refractivity contribution in [3.05, 3.63) is 5.28 Å². The number of halogens is 1. The number of rotatable bonds is 2. The highest BCUT2D eigenvalue weighted by Crippen LogP contribution is 2.18. The Balaban J connectivity index is 2.27. The van der Waals surface area contributed by atoms with Gasteiger partial charge in [0.2, 0.25) is 11.2 Å². The van der Waals surface area contributed by atoms with E-state index in [0.29, 0.717) is 19.2 Å². The van der Waals surface area contributed by atoms with E-state index in [0.717, 1.165) is 6.54 Å². The van der Waals surface area contributed by atoms with E-state index in [-0.39, 0.29) is 17.3 Å². The summed E-state index contributed by atoms with van der Waals surface area (Å²) in [6.07, 6.45) is 0. The van der Waals surface area contributed by atoms with Crippen LogP contribution in [0.25, 0.3) is 0 Å². The average Bonchev–Trinajstić information content (AvgIpc) is 2.28. The fourth-order valence-corrected chi connectivity index (χ4v) is 1.71. The number of hydrogen-bond acceptors (Lipinski definition) is 6. The highest BCUT2D eigenvalue weighted by molar-refractivity contribution is 6.28. The van der Waals surface area contributed by atoms with Gasteiger partial charge in [-0.05, 0) is 18.5 Å². The fraction of sp³-hybridized carbons (Fsp3) is 0.667. The summed E-state index contributed by atoms with van der Waals surface area (Å²) in [7, 11) is 1.50. The molecule has 6 nitrogen and oxygen atoms in total. The van der Waals surface area contributed by atoms with Crippen LogP contribution in [0.5, 0.6) is 6.01 Å². The lowest BCUT2D eigenvalue weighted by Crippen LogP contribution is -2.44. The number of methoxy groups -OCH3 is 1. The van der Waals surface area contributed by atoms with Crippen molar-refractivity contribution < 1.29 is 9.47 Å². The first kappa shape index (κ1) is 11.3. The molecule has 2 rings (SSSR count). The Morgan fingerprint density at radius 3 is 2.94 bits per heavy atom. The maximum absolute atomic E-state index is 5.80. The Morgan fingerprint density at radius 2 is 2.25 bits per heavy atom. The minimum atomic E-state index is 0.139. The van der Waals surface area contributed by atoms with E-state index in [2.05, 4.69) is 15.0 Å². The molecule has 0 aliphatic carbocycles. The summed E-state index contributed by atoms with van der Waals surface area (Å²) in [5, 5.41) is 0.139. The van der Waals surface area contributed by atoms with E-state index in [1.54, 1.807) is 0 Å². The molecule has 1 aliphatic heterocycles. The van der Waals surface area contributed by atoms with Crippen LogP contribution in [0.2, 0.25) is 5.28 Å². The van der Waals surface area contributed by atoms with Gasteiger partial charge in [-0.3, -0.25) is 0 Å². The maximum Gasteiger partial charge on any atom is 0.322 e. The van der Waals surface area contributed by atoms with E-state index in [9.17, 15) is 0 Å². The summed E-state index contributed by atoms with van der Waals surface area (Å²) < 4.78 is 10.3. The predicted molar refractivity (Wildman–Crippen MR) is 59.0 cm³/mol. The third kappa shape index (κ3) is 2.33. The highest BCUT2D eigenvalue weighted by atomic mass is 35.5. The molecule has 0 saturated carbocycles. The zero-order valence-corrected chi connectivity index (χ0v) is 9.94. The van der Waals surface area contributed by atoms with E-state index in [4.69, 9.17) is 21.1 Å². The molecule has 1 aromatic heterocycles. The molecule has 88 valence electrons. The van der Waals surface area contributed by atoms with Crippen LogP contribution in [0.4, 0.5) is 5.95 Å². The Hall–Kier alpha value is -1.14. The number of aromatic nitrogens is 3. The second kappa shape index (κ2) is 4.80. The molecule has 0 radical (unpaired) electrons. The highest BCUT2D eigenvalue weighted by Gasteiger charge is 2.22. The van der Waals surface area contributed by atoms with Crippen LogP contribution in [0, 0.1) is 0 Å². The van der Waals surface area contributed by atoms with Crippen LogP contribution < -0.4 is 9.64 Å². The summed E-state index contributed by atoms with van der Waals surface area (Å²) in [4.78, 5) is 14.1. The molecule has 1 fully saturated rings. The van der Waals surface area contributed by atoms with Crippen LogP contribution in [0.3, 0.4) is 0 Å². The molecule has 1 aliphatic rings. The largest absolute Gasteiger partial charge is 0.467 e. The third-order valence-corrected chi connectivity index (χ3v) is 2.55. The zero-order chi connectivity index (χ0) is 11.5. The number of anilines is 1. The van der Waals surface area contributed by atoms with E-state index in [1.165, 1.54) is 7.11 Å². The first-order valence-electron chi connectivity index (χ1n) is 5.00. The van der Waals surface area contributed by atoms with Gasteiger partial charge >= 0.3 is 6.01 Å². The van der Waals surface area contributed by atoms with Gasteiger partial charge in [0.25, 0.3) is 0 Å². The topological polar surface area (TPSA) is 60.4 Å². The molecular formula is C9H13ClN4O2. The monoisotopic (exact) mass is 244 g/mol. The van der Waals surface area contributed by atoms with Crippen molar-refractivity contribution in [1.29, 1.82) is 0 Å². The van der Waals surface area contributed by atoms with Gasteiger partial charge in [-0.15, -0.1) is 0 Å². The Labute approximate surface area is 98.6 Å². The molecule has 1 aromatic rings. The lowest BCUT2D eigenvalue weighted by Gasteiger charge is -2.33. The van der Waals surface area contributed by atoms with Crippen LogP contribution in [0.1, 0.15) is 6.92 Å². The third-order valence-electron chi connectivity index (χ3n) is 2.38. The number of morpholine rings is 1. The maximum atomic E-state index is 5.80. The average molecular weight is 245 g/mol. The molecule has 0 bridgehead atoms. The fourth-order valence-electron chi connectivity index (χ4n) is 1.57. The lowest BCUT2D eigenvalue weighted by atomic mass is 10.3. The summed E-state index contributed by atoms with van der Waals surface area (Å²) in [5.74, 6) is 0.535. The Kier molecular flexibility index (Phi) is 3.40. The first-order chi connectivity index (χ1) is 7.70. The zero-order valence-electron chi connectivity index (χ0n) is 9.18. The second-order valence-corrected chi connectivity index (χ2v) is 3.85. The van der Waals surface area contributed by atoms with Crippen molar-refractivity contribution in [2.24, 2.45) is 0 Å². The first-order valence-corrected chi connectivity index (χ1v) is 5.38. The Bertz CT molecular complexity index is 377. The van der Waals surface area contributed by atoms with Gasteiger partial charge in [-0.1, -0.05) is 0 Å². The summed E-state index contributed by atoms with van der Waals surface area (Å²) in [5.41, 5.74) is 0. The normalized spacial score (nSPS) is 20.9. The molecule has 1 unspecified atom stereocenters. The smallest absolute Gasteiger partial charge is 0.322 e. The van der Waals surface area contributed by atoms with Gasteiger partial charge in [0.15, 0.2) is 0 Å². The van der Waals surface area contributed by atoms with Gasteiger partial charge in [0, 0.05) is 6.54 Å². The van der Waals surface area contributed by atoms with Crippen molar-refractivity contribution in [3.8, 4) is 6.01 Å². The number of hydrogen-bond donors (Lipinski definition) is 0. The SMILES string of the molecule is COc1nc(Cl)nc(N2CCOCC2C)n1. The predicted octanol–water partition coefficient (Wildman–Crippen LogP) is 0.759. The molecule has 16 heavy (non-hydrogen) atoms. The van der Waals surface area contributed by atoms with Crippen molar-refractivity contribution in [2.75, 3.05) is 31.8 Å². The summed E-state index contributed by atoms with van der Waals surface area (Å²) in [6.45, 7) is 4.11. The molecule has 7 heteroatoms. The number of ether oxygens (including phenoxy) is 2. The minimum Gasteiger partial charge on any atom is -0.467 e. The molecule has 1 atom stereocenters. The lowest BCUT2D eigenvalue weighted by molar-refractivity contribution is 0.0979. The molecule has 0 amide bonds. The molecule has 2 heterocycles. The second-order valence-electron chi connectivity index (χ2n) is 3.51. The van der Waals surface area contributed by atoms with Crippen LogP contribution >= 0.6 is 11.6 Å². The molecule has 0 spiro atoms. The standard InChI is InChI=1S/C9H13ClN4O2/c1-6-5-16-4-3-14(6)8-11-7(10)12-9(13-8)15-2/h6H,3-5H2,1-2H3. The van der Waals surface area contributed by atoms with Crippen LogP contribution in [-0.4, -0.2) is 47.9 Å². The van der Waals surface area contributed by atoms with E-state index >= 15 is 0 Å². The summed E-state index contributed by atoms with van der Waals surface area (Å²) >= 11 is 5.80. The Morgan fingerprint density at radius 1 is 1.44 bits per heavy atom. The quantitative estimate of drug-likeness (QED) is 0.766. The van der Waals surface area contributed by atoms with Gasteiger partial charge < -0.3 is 14.4 Å². The molecular weight excluding hydrogens is 232 g/mol. The van der Waals surface area contributed by atoms with Gasteiger partial charge in [0.05, 0.1) is 26.4 Å². The van der Waals surface area contributed by atoms with Crippen molar-refractivity contribution in [2.45, 2.75) is 13.0 Å². The summed E-state index contributed by atoms with van der Waals surface area (Å²) in [6, 6.07) is 0.450. The molecule has 1 saturated heterocycles. The van der Waals surface area contributed by atoms with Gasteiger partial charge in [-0.2, -0.15) is 15.0 Å². The molecule has 0 aromatic carbocycles. The van der Waals surface area contributed by atoms with E-state index in [1.807, 2.05) is 11.8 Å². The van der Waals surface area contributed by atoms with Crippen LogP contribution in [-0.2, 0) is 4.74 Å². The van der Waals surface area contributed by atoms with E-state index < -0.39 is 0 Å². The van der Waals surface area contributed by atoms with Gasteiger partial charge in [0.1, 0.15) is 0 Å². The minimum absolute atomic E-state index is 0.139. The van der Waals surface area contributed by atoms with Gasteiger partial charge in [-0.25, -0.2) is 0 Å². The number of nitrogens with zero attached hydrogens (tertiary/aromatic N) is 4. The van der Waals surface area contributed by atoms with Crippen LogP contribution in [0.15, 0.2) is 0 Å². The molecule has 0 N–H and O–H groups in total. The van der Waals surface area contributed by atoms with Crippen molar-refractivity contribution in [1.82, 2.24) is 15.0 Å². The van der Waals surface area contributed by atoms with Crippen molar-refractivity contribution in [3.63, 3.8) is 0 Å².